The summed E-state index contributed by atoms with van der Waals surface area (Å²) in [5, 5.41) is 9.57. The van der Waals surface area contributed by atoms with E-state index in [1.165, 1.54) is 0 Å². The van der Waals surface area contributed by atoms with Crippen molar-refractivity contribution in [1.82, 2.24) is 15.3 Å². The van der Waals surface area contributed by atoms with Crippen LogP contribution < -0.4 is 16.0 Å². The van der Waals surface area contributed by atoms with Gasteiger partial charge in [0.2, 0.25) is 0 Å². The highest BCUT2D eigenvalue weighted by molar-refractivity contribution is 5.94. The van der Waals surface area contributed by atoms with Crippen molar-refractivity contribution in [3.63, 3.8) is 0 Å². The zero-order valence-electron chi connectivity index (χ0n) is 11.2. The van der Waals surface area contributed by atoms with Gasteiger partial charge in [0.25, 0.3) is 0 Å². The molecule has 0 saturated carbocycles. The van der Waals surface area contributed by atoms with Crippen LogP contribution in [0.1, 0.15) is 5.82 Å². The van der Waals surface area contributed by atoms with Gasteiger partial charge in [0.05, 0.1) is 6.54 Å². The molecule has 102 valence electrons. The minimum Gasteiger partial charge on any atom is -0.354 e. The van der Waals surface area contributed by atoms with Gasteiger partial charge in [-0.1, -0.05) is 18.2 Å². The number of nitrogens with zero attached hydrogens (tertiary/aromatic N) is 3. The van der Waals surface area contributed by atoms with Crippen LogP contribution in [0.15, 0.2) is 41.4 Å². The summed E-state index contributed by atoms with van der Waals surface area (Å²) in [6.07, 6.45) is 0. The number of para-hydroxylation sites is 1. The maximum absolute atomic E-state index is 4.38. The molecule has 2 aromatic rings. The van der Waals surface area contributed by atoms with Crippen LogP contribution in [0.4, 0.5) is 17.3 Å². The van der Waals surface area contributed by atoms with Crippen molar-refractivity contribution in [2.75, 3.05) is 23.7 Å². The number of aliphatic imine (C=N–C) groups is 1. The molecule has 0 atom stereocenters. The molecule has 20 heavy (non-hydrogen) atoms. The molecular formula is C14H16N6. The van der Waals surface area contributed by atoms with Crippen LogP contribution in [0.2, 0.25) is 0 Å². The molecule has 3 N–H and O–H groups in total. The Kier molecular flexibility index (Phi) is 3.45. The molecule has 1 aliphatic rings. The number of benzene rings is 1. The van der Waals surface area contributed by atoms with E-state index in [0.29, 0.717) is 5.82 Å². The highest BCUT2D eigenvalue weighted by atomic mass is 15.2. The van der Waals surface area contributed by atoms with Crippen LogP contribution in [-0.4, -0.2) is 29.0 Å². The average Bonchev–Trinajstić information content (AvgIpc) is 2.92. The van der Waals surface area contributed by atoms with E-state index in [0.717, 1.165) is 36.4 Å². The Morgan fingerprint density at radius 1 is 1.05 bits per heavy atom. The predicted octanol–water partition coefficient (Wildman–Crippen LogP) is 1.90. The molecule has 1 aliphatic heterocycles. The second kappa shape index (κ2) is 5.56. The van der Waals surface area contributed by atoms with Gasteiger partial charge in [-0.2, -0.15) is 0 Å². The molecule has 1 aromatic heterocycles. The van der Waals surface area contributed by atoms with Crippen molar-refractivity contribution in [2.45, 2.75) is 6.92 Å². The standard InChI is InChI=1S/C14H16N6/c1-10-17-12(19-11-5-3-2-4-6-11)9-13(18-10)20-14-15-7-8-16-14/h2-6,9H,7-8H2,1H3,(H3,15,16,17,18,19,20). The average molecular weight is 268 g/mol. The van der Waals surface area contributed by atoms with Crippen molar-refractivity contribution >= 4 is 23.3 Å². The second-order valence-corrected chi connectivity index (χ2v) is 4.46. The monoisotopic (exact) mass is 268 g/mol. The molecule has 0 saturated heterocycles. The minimum atomic E-state index is 0.701. The molecule has 0 aliphatic carbocycles. The number of nitrogens with one attached hydrogen (secondary N) is 3. The maximum atomic E-state index is 4.38. The van der Waals surface area contributed by atoms with Gasteiger partial charge < -0.3 is 16.0 Å². The Hall–Kier alpha value is -2.63. The summed E-state index contributed by atoms with van der Waals surface area (Å²) in [5.41, 5.74) is 0.993. The first-order chi connectivity index (χ1) is 9.79. The number of hydrogen-bond acceptors (Lipinski definition) is 6. The quantitative estimate of drug-likeness (QED) is 0.793. The van der Waals surface area contributed by atoms with Gasteiger partial charge in [-0.25, -0.2) is 9.97 Å². The van der Waals surface area contributed by atoms with Crippen LogP contribution in [0.25, 0.3) is 0 Å². The number of hydrogen-bond donors (Lipinski definition) is 3. The van der Waals surface area contributed by atoms with Gasteiger partial charge in [0.1, 0.15) is 17.5 Å². The Morgan fingerprint density at radius 2 is 1.80 bits per heavy atom. The van der Waals surface area contributed by atoms with E-state index in [1.807, 2.05) is 43.3 Å². The summed E-state index contributed by atoms with van der Waals surface area (Å²) in [4.78, 5) is 13.0. The van der Waals surface area contributed by atoms with Crippen molar-refractivity contribution in [2.24, 2.45) is 4.99 Å². The largest absolute Gasteiger partial charge is 0.354 e. The summed E-state index contributed by atoms with van der Waals surface area (Å²) in [7, 11) is 0. The summed E-state index contributed by atoms with van der Waals surface area (Å²) in [5.74, 6) is 2.94. The molecule has 0 radical (unpaired) electrons. The Morgan fingerprint density at radius 3 is 2.50 bits per heavy atom. The third-order valence-electron chi connectivity index (χ3n) is 2.80. The highest BCUT2D eigenvalue weighted by Crippen LogP contribution is 2.17. The van der Waals surface area contributed by atoms with E-state index < -0.39 is 0 Å². The molecule has 2 heterocycles. The molecule has 1 aromatic carbocycles. The molecular weight excluding hydrogens is 252 g/mol. The number of guanidine groups is 1. The summed E-state index contributed by atoms with van der Waals surface area (Å²) >= 11 is 0. The highest BCUT2D eigenvalue weighted by Gasteiger charge is 2.08. The molecule has 0 fully saturated rings. The third-order valence-corrected chi connectivity index (χ3v) is 2.80. The van der Waals surface area contributed by atoms with Crippen LogP contribution >= 0.6 is 0 Å². The van der Waals surface area contributed by atoms with E-state index >= 15 is 0 Å². The molecule has 0 unspecified atom stereocenters. The first kappa shape index (κ1) is 12.4. The first-order valence-corrected chi connectivity index (χ1v) is 6.53. The molecule has 0 bridgehead atoms. The van der Waals surface area contributed by atoms with Gasteiger partial charge in [0, 0.05) is 18.3 Å². The third kappa shape index (κ3) is 3.03. The summed E-state index contributed by atoms with van der Waals surface area (Å²) < 4.78 is 0. The summed E-state index contributed by atoms with van der Waals surface area (Å²) in [6.45, 7) is 3.52. The minimum absolute atomic E-state index is 0.701. The first-order valence-electron chi connectivity index (χ1n) is 6.53. The van der Waals surface area contributed by atoms with Crippen molar-refractivity contribution in [1.29, 1.82) is 0 Å². The molecule has 0 amide bonds. The molecule has 0 spiro atoms. The van der Waals surface area contributed by atoms with Gasteiger partial charge >= 0.3 is 0 Å². The fourth-order valence-corrected chi connectivity index (χ4v) is 1.97. The van der Waals surface area contributed by atoms with E-state index in [2.05, 4.69) is 30.9 Å². The Balaban J connectivity index is 1.79. The van der Waals surface area contributed by atoms with Gasteiger partial charge in [-0.15, -0.1) is 0 Å². The molecule has 3 rings (SSSR count). The number of aromatic nitrogens is 2. The van der Waals surface area contributed by atoms with Crippen LogP contribution in [-0.2, 0) is 0 Å². The number of aryl methyl sites for hydroxylation is 1. The van der Waals surface area contributed by atoms with Crippen LogP contribution in [0.3, 0.4) is 0 Å². The maximum Gasteiger partial charge on any atom is 0.197 e. The van der Waals surface area contributed by atoms with Crippen LogP contribution in [0, 0.1) is 6.92 Å². The van der Waals surface area contributed by atoms with Crippen molar-refractivity contribution < 1.29 is 0 Å². The summed E-state index contributed by atoms with van der Waals surface area (Å²) in [6, 6.07) is 11.8. The number of anilines is 3. The zero-order chi connectivity index (χ0) is 13.8. The lowest BCUT2D eigenvalue weighted by Crippen LogP contribution is -2.26. The SMILES string of the molecule is Cc1nc(NC2=NCCN2)cc(Nc2ccccc2)n1. The van der Waals surface area contributed by atoms with Gasteiger partial charge in [-0.3, -0.25) is 4.99 Å². The van der Waals surface area contributed by atoms with Crippen molar-refractivity contribution in [3.05, 3.63) is 42.2 Å². The van der Waals surface area contributed by atoms with E-state index in [-0.39, 0.29) is 0 Å². The van der Waals surface area contributed by atoms with E-state index in [4.69, 9.17) is 0 Å². The van der Waals surface area contributed by atoms with Crippen molar-refractivity contribution in [3.8, 4) is 0 Å². The lowest BCUT2D eigenvalue weighted by molar-refractivity contribution is 0.958. The lowest BCUT2D eigenvalue weighted by Gasteiger charge is -2.10. The van der Waals surface area contributed by atoms with E-state index in [1.54, 1.807) is 0 Å². The normalized spacial score (nSPS) is 13.6. The zero-order valence-corrected chi connectivity index (χ0v) is 11.2. The second-order valence-electron chi connectivity index (χ2n) is 4.46. The smallest absolute Gasteiger partial charge is 0.197 e. The fourth-order valence-electron chi connectivity index (χ4n) is 1.97. The van der Waals surface area contributed by atoms with Gasteiger partial charge in [0.15, 0.2) is 5.96 Å². The molecule has 6 nitrogen and oxygen atoms in total. The fraction of sp³-hybridized carbons (Fsp3) is 0.214. The molecule has 6 heteroatoms. The Labute approximate surface area is 117 Å². The number of rotatable bonds is 3. The topological polar surface area (TPSA) is 74.2 Å². The Bertz CT molecular complexity index is 623. The predicted molar refractivity (Wildman–Crippen MR) is 80.4 cm³/mol. The van der Waals surface area contributed by atoms with Gasteiger partial charge in [-0.05, 0) is 19.1 Å². The van der Waals surface area contributed by atoms with Crippen LogP contribution in [0.5, 0.6) is 0 Å². The van der Waals surface area contributed by atoms with E-state index in [9.17, 15) is 0 Å². The lowest BCUT2D eigenvalue weighted by atomic mass is 10.3.